The third-order valence-electron chi connectivity index (χ3n) is 7.86. The maximum absolute atomic E-state index is 12.5. The van der Waals surface area contributed by atoms with Crippen LogP contribution in [0.15, 0.2) is 12.2 Å². The molecule has 7 atom stereocenters. The second kappa shape index (κ2) is 4.61. The highest BCUT2D eigenvalue weighted by Gasteiger charge is 2.61. The molecule has 7 unspecified atom stereocenters. The summed E-state index contributed by atoms with van der Waals surface area (Å²) in [5, 5.41) is 0. The zero-order valence-electron chi connectivity index (χ0n) is 13.7. The first-order chi connectivity index (χ1) is 10.6. The van der Waals surface area contributed by atoms with Crippen molar-refractivity contribution in [3.8, 4) is 0 Å². The Balaban J connectivity index is 1.25. The Bertz CT molecular complexity index is 516. The van der Waals surface area contributed by atoms with Crippen LogP contribution >= 0.6 is 0 Å². The lowest BCUT2D eigenvalue weighted by molar-refractivity contribution is -0.159. The predicted molar refractivity (Wildman–Crippen MR) is 85.0 cm³/mol. The molecule has 0 amide bonds. The maximum Gasteiger partial charge on any atom is 0.306 e. The molecule has 4 fully saturated rings. The lowest BCUT2D eigenvalue weighted by atomic mass is 9.69. The predicted octanol–water partition coefficient (Wildman–Crippen LogP) is 4.35. The number of carbonyl (C=O) groups is 1. The molecule has 2 heteroatoms. The Labute approximate surface area is 133 Å². The van der Waals surface area contributed by atoms with Crippen LogP contribution in [0.2, 0.25) is 0 Å². The Morgan fingerprint density at radius 1 is 1.09 bits per heavy atom. The van der Waals surface area contributed by atoms with Crippen LogP contribution in [0.5, 0.6) is 0 Å². The third kappa shape index (κ3) is 1.88. The standard InChI is InChI=1S/C20H28O2/c1-20(6-2-3-7-20)22-17(21)11-14-9-15-10-16(14)19-13-5-4-12(8-13)18(15)19/h4-5,12-16,18-19H,2-3,6-11H2,1H3. The first-order valence-corrected chi connectivity index (χ1v) is 9.53. The molecule has 5 rings (SSSR count). The largest absolute Gasteiger partial charge is 0.459 e. The van der Waals surface area contributed by atoms with E-state index in [1.54, 1.807) is 0 Å². The lowest BCUT2D eigenvalue weighted by Crippen LogP contribution is -2.34. The molecule has 0 radical (unpaired) electrons. The summed E-state index contributed by atoms with van der Waals surface area (Å²) < 4.78 is 5.89. The minimum absolute atomic E-state index is 0.0946. The summed E-state index contributed by atoms with van der Waals surface area (Å²) in [7, 11) is 0. The second-order valence-corrected chi connectivity index (χ2v) is 9.09. The van der Waals surface area contributed by atoms with Crippen molar-refractivity contribution >= 4 is 5.97 Å². The molecule has 4 saturated carbocycles. The van der Waals surface area contributed by atoms with Crippen LogP contribution in [0.25, 0.3) is 0 Å². The van der Waals surface area contributed by atoms with Gasteiger partial charge >= 0.3 is 5.97 Å². The summed E-state index contributed by atoms with van der Waals surface area (Å²) in [4.78, 5) is 12.5. The Morgan fingerprint density at radius 2 is 1.82 bits per heavy atom. The van der Waals surface area contributed by atoms with Crippen LogP contribution in [0, 0.1) is 41.4 Å². The molecule has 0 saturated heterocycles. The minimum atomic E-state index is -0.146. The van der Waals surface area contributed by atoms with Crippen molar-refractivity contribution in [2.24, 2.45) is 41.4 Å². The van der Waals surface area contributed by atoms with E-state index in [-0.39, 0.29) is 11.6 Å². The van der Waals surface area contributed by atoms with Crippen molar-refractivity contribution in [3.63, 3.8) is 0 Å². The van der Waals surface area contributed by atoms with Gasteiger partial charge in [0.2, 0.25) is 0 Å². The van der Waals surface area contributed by atoms with Gasteiger partial charge in [0.25, 0.3) is 0 Å². The molecular formula is C20H28O2. The SMILES string of the molecule is CC1(OC(=O)CC2CC3CC2C2C4C=CC(C4)C32)CCCC1. The molecule has 0 aromatic heterocycles. The molecule has 120 valence electrons. The van der Waals surface area contributed by atoms with E-state index in [0.29, 0.717) is 12.3 Å². The number of carbonyl (C=O) groups excluding carboxylic acids is 1. The number of hydrogen-bond acceptors (Lipinski definition) is 2. The molecule has 2 nitrogen and oxygen atoms in total. The molecule has 22 heavy (non-hydrogen) atoms. The van der Waals surface area contributed by atoms with Crippen LogP contribution < -0.4 is 0 Å². The van der Waals surface area contributed by atoms with Crippen LogP contribution in [0.3, 0.4) is 0 Å². The van der Waals surface area contributed by atoms with E-state index in [0.717, 1.165) is 48.3 Å². The fraction of sp³-hybridized carbons (Fsp3) is 0.850. The van der Waals surface area contributed by atoms with E-state index in [9.17, 15) is 4.79 Å². The number of rotatable bonds is 3. The van der Waals surface area contributed by atoms with Crippen molar-refractivity contribution in [3.05, 3.63) is 12.2 Å². The van der Waals surface area contributed by atoms with Crippen LogP contribution in [-0.4, -0.2) is 11.6 Å². The van der Waals surface area contributed by atoms with E-state index in [1.165, 1.54) is 32.1 Å². The summed E-state index contributed by atoms with van der Waals surface area (Å²) in [5.74, 6) is 6.06. The average Bonchev–Trinajstić information content (AvgIpc) is 3.22. The van der Waals surface area contributed by atoms with E-state index in [4.69, 9.17) is 4.74 Å². The minimum Gasteiger partial charge on any atom is -0.459 e. The molecule has 4 bridgehead atoms. The molecule has 0 N–H and O–H groups in total. The van der Waals surface area contributed by atoms with Crippen molar-refractivity contribution < 1.29 is 9.53 Å². The molecule has 0 heterocycles. The molecular weight excluding hydrogens is 272 g/mol. The number of allylic oxidation sites excluding steroid dienone is 2. The molecule has 5 aliphatic carbocycles. The summed E-state index contributed by atoms with van der Waals surface area (Å²) in [5.41, 5.74) is -0.146. The first kappa shape index (κ1) is 13.6. The maximum atomic E-state index is 12.5. The highest BCUT2D eigenvalue weighted by atomic mass is 16.6. The van der Waals surface area contributed by atoms with Crippen molar-refractivity contribution in [2.45, 2.75) is 63.9 Å². The number of hydrogen-bond donors (Lipinski definition) is 0. The van der Waals surface area contributed by atoms with E-state index >= 15 is 0 Å². The van der Waals surface area contributed by atoms with Crippen molar-refractivity contribution in [1.29, 1.82) is 0 Å². The highest BCUT2D eigenvalue weighted by Crippen LogP contribution is 2.67. The van der Waals surface area contributed by atoms with Gasteiger partial charge in [-0.05, 0) is 93.3 Å². The van der Waals surface area contributed by atoms with Gasteiger partial charge in [-0.15, -0.1) is 0 Å². The van der Waals surface area contributed by atoms with Gasteiger partial charge in [0, 0.05) is 6.42 Å². The van der Waals surface area contributed by atoms with Crippen LogP contribution in [-0.2, 0) is 9.53 Å². The fourth-order valence-corrected chi connectivity index (χ4v) is 7.14. The Hall–Kier alpha value is -0.790. The fourth-order valence-electron chi connectivity index (χ4n) is 7.14. The van der Waals surface area contributed by atoms with E-state index in [2.05, 4.69) is 19.1 Å². The highest BCUT2D eigenvalue weighted by molar-refractivity contribution is 5.70. The summed E-state index contributed by atoms with van der Waals surface area (Å²) in [6.07, 6.45) is 14.4. The quantitative estimate of drug-likeness (QED) is 0.440. The normalized spacial score (nSPS) is 49.8. The summed E-state index contributed by atoms with van der Waals surface area (Å²) >= 11 is 0. The van der Waals surface area contributed by atoms with Gasteiger partial charge in [-0.2, -0.15) is 0 Å². The Morgan fingerprint density at radius 3 is 2.59 bits per heavy atom. The summed E-state index contributed by atoms with van der Waals surface area (Å²) in [6.45, 7) is 2.13. The third-order valence-corrected chi connectivity index (χ3v) is 7.86. The van der Waals surface area contributed by atoms with Gasteiger partial charge in [-0.3, -0.25) is 4.79 Å². The summed E-state index contributed by atoms with van der Waals surface area (Å²) in [6, 6.07) is 0. The van der Waals surface area contributed by atoms with E-state index < -0.39 is 0 Å². The molecule has 0 aromatic rings. The number of ether oxygens (including phenoxy) is 1. The number of esters is 1. The van der Waals surface area contributed by atoms with Crippen molar-refractivity contribution in [1.82, 2.24) is 0 Å². The monoisotopic (exact) mass is 300 g/mol. The molecule has 0 aromatic carbocycles. The van der Waals surface area contributed by atoms with E-state index in [1.807, 2.05) is 0 Å². The smallest absolute Gasteiger partial charge is 0.306 e. The van der Waals surface area contributed by atoms with Gasteiger partial charge < -0.3 is 4.74 Å². The van der Waals surface area contributed by atoms with Crippen molar-refractivity contribution in [2.75, 3.05) is 0 Å². The second-order valence-electron chi connectivity index (χ2n) is 9.09. The Kier molecular flexibility index (Phi) is 2.86. The molecule has 0 aliphatic heterocycles. The van der Waals surface area contributed by atoms with Gasteiger partial charge in [0.15, 0.2) is 0 Å². The zero-order valence-corrected chi connectivity index (χ0v) is 13.7. The lowest BCUT2D eigenvalue weighted by Gasteiger charge is -2.36. The van der Waals surface area contributed by atoms with Gasteiger partial charge in [-0.1, -0.05) is 12.2 Å². The molecule has 0 spiro atoms. The number of fused-ring (bicyclic) bond motifs is 9. The first-order valence-electron chi connectivity index (χ1n) is 9.53. The average molecular weight is 300 g/mol. The van der Waals surface area contributed by atoms with Gasteiger partial charge in [0.1, 0.15) is 5.60 Å². The topological polar surface area (TPSA) is 26.3 Å². The van der Waals surface area contributed by atoms with Gasteiger partial charge in [-0.25, -0.2) is 0 Å². The van der Waals surface area contributed by atoms with Crippen LogP contribution in [0.4, 0.5) is 0 Å². The molecule has 5 aliphatic rings. The van der Waals surface area contributed by atoms with Crippen LogP contribution in [0.1, 0.15) is 58.3 Å². The van der Waals surface area contributed by atoms with Gasteiger partial charge in [0.05, 0.1) is 0 Å². The zero-order chi connectivity index (χ0) is 14.9.